The monoisotopic (exact) mass is 317 g/mol. The summed E-state index contributed by atoms with van der Waals surface area (Å²) in [5.41, 5.74) is 1.45. The van der Waals surface area contributed by atoms with E-state index in [1.165, 1.54) is 30.3 Å². The second-order valence-corrected chi connectivity index (χ2v) is 5.09. The third kappa shape index (κ3) is 2.07. The molecule has 22 heavy (non-hydrogen) atoms. The number of rotatable bonds is 3. The van der Waals surface area contributed by atoms with Crippen LogP contribution < -0.4 is 0 Å². The molecule has 0 amide bonds. The van der Waals surface area contributed by atoms with E-state index in [-0.39, 0.29) is 27.3 Å². The van der Waals surface area contributed by atoms with Crippen molar-refractivity contribution in [1.29, 1.82) is 0 Å². The smallest absolute Gasteiger partial charge is 0.152 e. The van der Waals surface area contributed by atoms with Crippen molar-refractivity contribution < 1.29 is 19.1 Å². The zero-order chi connectivity index (χ0) is 15.9. The summed E-state index contributed by atoms with van der Waals surface area (Å²) in [6, 6.07) is 6.80. The molecule has 0 fully saturated rings. The maximum Gasteiger partial charge on any atom is 0.152 e. The maximum absolute atomic E-state index is 13.0. The van der Waals surface area contributed by atoms with Gasteiger partial charge in [0.15, 0.2) is 18.3 Å². The molecular formula is C16H9ClFNO3. The third-order valence-electron chi connectivity index (χ3n) is 3.43. The Bertz CT molecular complexity index is 900. The van der Waals surface area contributed by atoms with Crippen molar-refractivity contribution in [3.63, 3.8) is 0 Å². The molecule has 1 aromatic heterocycles. The molecule has 3 aromatic rings. The van der Waals surface area contributed by atoms with Crippen molar-refractivity contribution in [2.45, 2.75) is 0 Å². The molecule has 0 unspecified atom stereocenters. The molecule has 2 aromatic carbocycles. The van der Waals surface area contributed by atoms with E-state index < -0.39 is 5.82 Å². The molecule has 0 saturated carbocycles. The number of carbonyl (C=O) groups is 2. The Morgan fingerprint density at radius 3 is 2.32 bits per heavy atom. The van der Waals surface area contributed by atoms with Gasteiger partial charge in [-0.15, -0.1) is 0 Å². The van der Waals surface area contributed by atoms with E-state index in [1.54, 1.807) is 0 Å². The van der Waals surface area contributed by atoms with Crippen LogP contribution in [0.4, 0.5) is 4.39 Å². The number of aldehydes is 2. The first kappa shape index (κ1) is 14.3. The highest BCUT2D eigenvalue weighted by Gasteiger charge is 2.20. The van der Waals surface area contributed by atoms with Crippen molar-refractivity contribution >= 4 is 35.1 Å². The molecule has 0 atom stereocenters. The molecule has 2 N–H and O–H groups in total. The number of aromatic hydroxyl groups is 1. The first-order valence-electron chi connectivity index (χ1n) is 6.30. The van der Waals surface area contributed by atoms with Gasteiger partial charge in [-0.2, -0.15) is 0 Å². The SMILES string of the molecule is O=Cc1cc(C=O)c2[nH]c(-c3ccc(F)cc3)c(O)c2c1Cl. The van der Waals surface area contributed by atoms with Gasteiger partial charge in [-0.25, -0.2) is 4.39 Å². The van der Waals surface area contributed by atoms with E-state index in [4.69, 9.17) is 11.6 Å². The Morgan fingerprint density at radius 2 is 1.73 bits per heavy atom. The topological polar surface area (TPSA) is 70.2 Å². The fourth-order valence-electron chi connectivity index (χ4n) is 2.37. The van der Waals surface area contributed by atoms with Crippen molar-refractivity contribution in [3.8, 4) is 17.0 Å². The van der Waals surface area contributed by atoms with Crippen molar-refractivity contribution in [2.24, 2.45) is 0 Å². The Balaban J connectivity index is 2.37. The minimum atomic E-state index is -0.408. The van der Waals surface area contributed by atoms with Gasteiger partial charge >= 0.3 is 0 Å². The summed E-state index contributed by atoms with van der Waals surface area (Å²) in [5, 5.41) is 10.6. The number of aromatic nitrogens is 1. The standard InChI is InChI=1S/C16H9ClFNO3/c17-13-9(6-20)5-10(7-21)14-12(13)16(22)15(19-14)8-1-3-11(18)4-2-8/h1-7,19,22H. The summed E-state index contributed by atoms with van der Waals surface area (Å²) in [6.45, 7) is 0. The predicted octanol–water partition coefficient (Wildman–Crippen LogP) is 3.96. The number of hydrogen-bond acceptors (Lipinski definition) is 3. The second-order valence-electron chi connectivity index (χ2n) is 4.71. The van der Waals surface area contributed by atoms with Crippen LogP contribution in [0.15, 0.2) is 30.3 Å². The average molecular weight is 318 g/mol. The highest BCUT2D eigenvalue weighted by molar-refractivity contribution is 6.39. The molecule has 6 heteroatoms. The molecule has 0 saturated heterocycles. The number of aromatic amines is 1. The number of hydrogen-bond donors (Lipinski definition) is 2. The minimum absolute atomic E-state index is 0.0534. The fourth-order valence-corrected chi connectivity index (χ4v) is 2.65. The normalized spacial score (nSPS) is 10.8. The molecular weight excluding hydrogens is 309 g/mol. The Morgan fingerprint density at radius 1 is 1.09 bits per heavy atom. The summed E-state index contributed by atoms with van der Waals surface area (Å²) < 4.78 is 13.0. The molecule has 0 aliphatic rings. The van der Waals surface area contributed by atoms with Gasteiger partial charge < -0.3 is 10.1 Å². The quantitative estimate of drug-likeness (QED) is 0.718. The third-order valence-corrected chi connectivity index (χ3v) is 3.84. The van der Waals surface area contributed by atoms with Gasteiger partial charge in [-0.05, 0) is 30.3 Å². The molecule has 0 aliphatic carbocycles. The van der Waals surface area contributed by atoms with Crippen LogP contribution in [-0.4, -0.2) is 22.7 Å². The van der Waals surface area contributed by atoms with Crippen LogP contribution in [-0.2, 0) is 0 Å². The van der Waals surface area contributed by atoms with Crippen LogP contribution in [0, 0.1) is 5.82 Å². The van der Waals surface area contributed by atoms with Gasteiger partial charge in [-0.3, -0.25) is 9.59 Å². The van der Waals surface area contributed by atoms with Crippen molar-refractivity contribution in [1.82, 2.24) is 4.98 Å². The van der Waals surface area contributed by atoms with Crippen molar-refractivity contribution in [3.05, 3.63) is 52.3 Å². The Hall–Kier alpha value is -2.66. The highest BCUT2D eigenvalue weighted by Crippen LogP contribution is 2.41. The van der Waals surface area contributed by atoms with Crippen LogP contribution >= 0.6 is 11.6 Å². The Kier molecular flexibility index (Phi) is 3.42. The average Bonchev–Trinajstić information content (AvgIpc) is 2.87. The molecule has 0 radical (unpaired) electrons. The molecule has 0 bridgehead atoms. The minimum Gasteiger partial charge on any atom is -0.505 e. The lowest BCUT2D eigenvalue weighted by molar-refractivity contribution is 0.112. The number of benzene rings is 2. The molecule has 0 spiro atoms. The number of carbonyl (C=O) groups excluding carboxylic acids is 2. The molecule has 1 heterocycles. The van der Waals surface area contributed by atoms with Crippen LogP contribution in [0.2, 0.25) is 5.02 Å². The van der Waals surface area contributed by atoms with E-state index in [1.807, 2.05) is 0 Å². The maximum atomic E-state index is 13.0. The van der Waals surface area contributed by atoms with Gasteiger partial charge in [0.2, 0.25) is 0 Å². The summed E-state index contributed by atoms with van der Waals surface area (Å²) in [6.07, 6.45) is 1.08. The number of nitrogens with one attached hydrogen (secondary N) is 1. The molecule has 3 rings (SSSR count). The molecule has 0 aliphatic heterocycles. The highest BCUT2D eigenvalue weighted by atomic mass is 35.5. The molecule has 4 nitrogen and oxygen atoms in total. The van der Waals surface area contributed by atoms with E-state index in [0.717, 1.165) is 0 Å². The predicted molar refractivity (Wildman–Crippen MR) is 81.1 cm³/mol. The lowest BCUT2D eigenvalue weighted by Crippen LogP contribution is -1.90. The molecule has 110 valence electrons. The number of fused-ring (bicyclic) bond motifs is 1. The van der Waals surface area contributed by atoms with Crippen LogP contribution in [0.1, 0.15) is 20.7 Å². The van der Waals surface area contributed by atoms with Gasteiger partial charge in [0.05, 0.1) is 21.6 Å². The number of H-pyrrole nitrogens is 1. The largest absolute Gasteiger partial charge is 0.505 e. The van der Waals surface area contributed by atoms with Crippen LogP contribution in [0.25, 0.3) is 22.2 Å². The van der Waals surface area contributed by atoms with E-state index in [0.29, 0.717) is 29.3 Å². The van der Waals surface area contributed by atoms with Gasteiger partial charge in [-0.1, -0.05) is 11.6 Å². The van der Waals surface area contributed by atoms with Crippen molar-refractivity contribution in [2.75, 3.05) is 0 Å². The summed E-state index contributed by atoms with van der Waals surface area (Å²) in [4.78, 5) is 25.1. The van der Waals surface area contributed by atoms with Gasteiger partial charge in [0.25, 0.3) is 0 Å². The first-order valence-corrected chi connectivity index (χ1v) is 6.68. The lowest BCUT2D eigenvalue weighted by Gasteiger charge is -2.01. The lowest BCUT2D eigenvalue weighted by atomic mass is 10.1. The van der Waals surface area contributed by atoms with E-state index >= 15 is 0 Å². The van der Waals surface area contributed by atoms with E-state index in [9.17, 15) is 19.1 Å². The second kappa shape index (κ2) is 5.27. The van der Waals surface area contributed by atoms with Gasteiger partial charge in [0, 0.05) is 16.7 Å². The first-order chi connectivity index (χ1) is 10.6. The number of halogens is 2. The van der Waals surface area contributed by atoms with E-state index in [2.05, 4.69) is 4.98 Å². The van der Waals surface area contributed by atoms with Gasteiger partial charge in [0.1, 0.15) is 5.82 Å². The Labute approximate surface area is 129 Å². The zero-order valence-corrected chi connectivity index (χ0v) is 11.8. The summed E-state index contributed by atoms with van der Waals surface area (Å²) >= 11 is 6.11. The fraction of sp³-hybridized carbons (Fsp3) is 0. The summed E-state index contributed by atoms with van der Waals surface area (Å²) in [7, 11) is 0. The van der Waals surface area contributed by atoms with Crippen LogP contribution in [0.5, 0.6) is 5.75 Å². The summed E-state index contributed by atoms with van der Waals surface area (Å²) in [5.74, 6) is -0.604. The zero-order valence-electron chi connectivity index (χ0n) is 11.1. The van der Waals surface area contributed by atoms with Crippen LogP contribution in [0.3, 0.4) is 0 Å².